The van der Waals surface area contributed by atoms with Crippen molar-refractivity contribution < 1.29 is 23.9 Å². The van der Waals surface area contributed by atoms with E-state index >= 15 is 0 Å². The van der Waals surface area contributed by atoms with Gasteiger partial charge in [0, 0.05) is 23.1 Å². The molecule has 2 amide bonds. The lowest BCUT2D eigenvalue weighted by molar-refractivity contribution is -0.907. The van der Waals surface area contributed by atoms with E-state index in [-0.39, 0.29) is 24.2 Å². The number of morpholine rings is 1. The molecule has 0 atom stereocenters. The first-order valence-corrected chi connectivity index (χ1v) is 12.6. The number of amides is 2. The highest BCUT2D eigenvalue weighted by molar-refractivity contribution is 5.83. The number of urea groups is 1. The number of rotatable bonds is 6. The number of nitrogens with one attached hydrogen (secondary N) is 3. The van der Waals surface area contributed by atoms with E-state index in [9.17, 15) is 9.59 Å². The van der Waals surface area contributed by atoms with E-state index in [2.05, 4.69) is 10.3 Å². The number of fused-ring (bicyclic) bond motifs is 2. The number of aromatic nitrogens is 1. The maximum absolute atomic E-state index is 13.3. The van der Waals surface area contributed by atoms with Gasteiger partial charge in [0.2, 0.25) is 0 Å². The quantitative estimate of drug-likeness (QED) is 0.586. The topological polar surface area (TPSA) is 97.3 Å². The average molecular weight is 472 g/mol. The van der Waals surface area contributed by atoms with Crippen LogP contribution in [0.25, 0.3) is 10.9 Å². The monoisotopic (exact) mass is 471 g/mol. The molecule has 2 aromatic rings. The first kappa shape index (κ1) is 23.0. The Morgan fingerprint density at radius 3 is 2.53 bits per heavy atom. The van der Waals surface area contributed by atoms with Crippen molar-refractivity contribution in [3.63, 3.8) is 0 Å². The second-order valence-corrected chi connectivity index (χ2v) is 9.53. The van der Waals surface area contributed by atoms with Gasteiger partial charge in [-0.3, -0.25) is 4.79 Å². The molecular weight excluding hydrogens is 436 g/mol. The lowest BCUT2D eigenvalue weighted by atomic mass is 9.96. The molecule has 1 aromatic carbocycles. The van der Waals surface area contributed by atoms with Crippen LogP contribution in [0.5, 0.6) is 11.5 Å². The third kappa shape index (κ3) is 5.47. The predicted molar refractivity (Wildman–Crippen MR) is 128 cm³/mol. The molecule has 1 saturated carbocycles. The summed E-state index contributed by atoms with van der Waals surface area (Å²) in [6.07, 6.45) is 5.60. The van der Waals surface area contributed by atoms with E-state index in [4.69, 9.17) is 14.2 Å². The average Bonchev–Trinajstić information content (AvgIpc) is 2.87. The molecule has 0 radical (unpaired) electrons. The van der Waals surface area contributed by atoms with Gasteiger partial charge in [-0.2, -0.15) is 0 Å². The zero-order valence-corrected chi connectivity index (χ0v) is 19.7. The Labute approximate surface area is 199 Å². The molecule has 0 bridgehead atoms. The fourth-order valence-corrected chi connectivity index (χ4v) is 5.08. The van der Waals surface area contributed by atoms with Gasteiger partial charge in [-0.15, -0.1) is 0 Å². The lowest BCUT2D eigenvalue weighted by Crippen LogP contribution is -3.14. The highest BCUT2D eigenvalue weighted by Gasteiger charge is 2.24. The molecule has 3 N–H and O–H groups in total. The molecule has 9 heteroatoms. The molecule has 2 fully saturated rings. The lowest BCUT2D eigenvalue weighted by Gasteiger charge is -2.30. The highest BCUT2D eigenvalue weighted by atomic mass is 16.6. The first-order chi connectivity index (χ1) is 16.7. The third-order valence-corrected chi connectivity index (χ3v) is 7.10. The van der Waals surface area contributed by atoms with Gasteiger partial charge in [0.05, 0.1) is 38.4 Å². The van der Waals surface area contributed by atoms with E-state index < -0.39 is 0 Å². The molecule has 1 aromatic heterocycles. The number of pyridine rings is 1. The van der Waals surface area contributed by atoms with Crippen molar-refractivity contribution >= 4 is 16.9 Å². The van der Waals surface area contributed by atoms with Crippen LogP contribution in [0.1, 0.15) is 37.7 Å². The van der Waals surface area contributed by atoms with Crippen LogP contribution in [0.15, 0.2) is 23.0 Å². The molecule has 3 aliphatic rings. The van der Waals surface area contributed by atoms with Gasteiger partial charge >= 0.3 is 6.03 Å². The van der Waals surface area contributed by atoms with E-state index in [1.165, 1.54) is 11.3 Å². The van der Waals surface area contributed by atoms with Gasteiger partial charge in [-0.25, -0.2) is 4.79 Å². The molecule has 34 heavy (non-hydrogen) atoms. The summed E-state index contributed by atoms with van der Waals surface area (Å²) in [7, 11) is 0. The van der Waals surface area contributed by atoms with Gasteiger partial charge in [0.15, 0.2) is 11.5 Å². The fraction of sp³-hybridized carbons (Fsp3) is 0.600. The van der Waals surface area contributed by atoms with Crippen molar-refractivity contribution in [2.75, 3.05) is 52.6 Å². The normalized spacial score (nSPS) is 19.2. The number of ether oxygens (including phenoxy) is 3. The van der Waals surface area contributed by atoms with Gasteiger partial charge in [0.25, 0.3) is 5.56 Å². The summed E-state index contributed by atoms with van der Waals surface area (Å²) >= 11 is 0. The van der Waals surface area contributed by atoms with Gasteiger partial charge in [-0.05, 0) is 25.0 Å². The second kappa shape index (κ2) is 10.7. The van der Waals surface area contributed by atoms with Crippen molar-refractivity contribution in [3.05, 3.63) is 34.1 Å². The van der Waals surface area contributed by atoms with Gasteiger partial charge < -0.3 is 34.3 Å². The van der Waals surface area contributed by atoms with Crippen LogP contribution >= 0.6 is 0 Å². The van der Waals surface area contributed by atoms with Crippen molar-refractivity contribution in [3.8, 4) is 11.5 Å². The zero-order chi connectivity index (χ0) is 23.3. The van der Waals surface area contributed by atoms with Crippen LogP contribution in [-0.2, 0) is 11.3 Å². The first-order valence-electron chi connectivity index (χ1n) is 12.6. The summed E-state index contributed by atoms with van der Waals surface area (Å²) in [6, 6.07) is 5.71. The SMILES string of the molecule is O=C(NC1CCCCC1)N(CC[NH+]1CCOCC1)Cc1cc2cc3c(cc2[nH]c1=O)OCCO3. The van der Waals surface area contributed by atoms with E-state index in [0.29, 0.717) is 42.3 Å². The predicted octanol–water partition coefficient (Wildman–Crippen LogP) is 1.06. The number of nitrogens with zero attached hydrogens (tertiary/aromatic N) is 1. The summed E-state index contributed by atoms with van der Waals surface area (Å²) in [5.41, 5.74) is 1.09. The highest BCUT2D eigenvalue weighted by Crippen LogP contribution is 2.33. The second-order valence-electron chi connectivity index (χ2n) is 9.53. The minimum absolute atomic E-state index is 0.0822. The van der Waals surface area contributed by atoms with Crippen LogP contribution in [0, 0.1) is 0 Å². The van der Waals surface area contributed by atoms with Crippen molar-refractivity contribution in [2.24, 2.45) is 0 Å². The van der Waals surface area contributed by atoms with Crippen LogP contribution in [0.3, 0.4) is 0 Å². The van der Waals surface area contributed by atoms with E-state index in [1.807, 2.05) is 18.2 Å². The van der Waals surface area contributed by atoms with Crippen LogP contribution in [0.2, 0.25) is 0 Å². The Morgan fingerprint density at radius 1 is 1.03 bits per heavy atom. The smallest absolute Gasteiger partial charge is 0.318 e. The third-order valence-electron chi connectivity index (χ3n) is 7.10. The number of hydrogen-bond donors (Lipinski definition) is 3. The van der Waals surface area contributed by atoms with Crippen molar-refractivity contribution in [2.45, 2.75) is 44.7 Å². The maximum atomic E-state index is 13.3. The summed E-state index contributed by atoms with van der Waals surface area (Å²) in [5.74, 6) is 1.32. The number of carbonyl (C=O) groups is 1. The Bertz CT molecular complexity index is 1060. The number of hydrogen-bond acceptors (Lipinski definition) is 5. The molecule has 0 spiro atoms. The number of benzene rings is 1. The molecule has 1 aliphatic carbocycles. The Morgan fingerprint density at radius 2 is 1.76 bits per heavy atom. The molecule has 3 heterocycles. The maximum Gasteiger partial charge on any atom is 0.318 e. The Balaban J connectivity index is 1.35. The molecule has 184 valence electrons. The van der Waals surface area contributed by atoms with Gasteiger partial charge in [-0.1, -0.05) is 19.3 Å². The standard InChI is InChI=1S/C25H34N4O5/c30-24-19(14-18-15-22-23(16-21(18)27-24)34-13-12-33-22)17-29(7-6-28-8-10-32-11-9-28)25(31)26-20-4-2-1-3-5-20/h14-16,20H,1-13,17H2,(H,26,31)(H,27,30)/p+1. The van der Waals surface area contributed by atoms with E-state index in [1.54, 1.807) is 4.90 Å². The molecular formula is C25H35N4O5+. The summed E-state index contributed by atoms with van der Waals surface area (Å²) in [5, 5.41) is 4.09. The number of carbonyl (C=O) groups excluding carboxylic acids is 1. The van der Waals surface area contributed by atoms with Crippen molar-refractivity contribution in [1.29, 1.82) is 0 Å². The van der Waals surface area contributed by atoms with Crippen LogP contribution in [0.4, 0.5) is 4.79 Å². The molecule has 9 nitrogen and oxygen atoms in total. The molecule has 0 unspecified atom stereocenters. The van der Waals surface area contributed by atoms with Crippen LogP contribution in [-0.4, -0.2) is 74.6 Å². The summed E-state index contributed by atoms with van der Waals surface area (Å²) in [6.45, 7) is 6.10. The largest absolute Gasteiger partial charge is 0.486 e. The minimum Gasteiger partial charge on any atom is -0.486 e. The Kier molecular flexibility index (Phi) is 7.20. The number of aromatic amines is 1. The fourth-order valence-electron chi connectivity index (χ4n) is 5.08. The van der Waals surface area contributed by atoms with Gasteiger partial charge in [0.1, 0.15) is 26.3 Å². The minimum atomic E-state index is -0.182. The summed E-state index contributed by atoms with van der Waals surface area (Å²) < 4.78 is 16.8. The van der Waals surface area contributed by atoms with Crippen LogP contribution < -0.4 is 25.2 Å². The number of H-pyrrole nitrogens is 1. The molecule has 1 saturated heterocycles. The molecule has 2 aliphatic heterocycles. The van der Waals surface area contributed by atoms with Crippen molar-refractivity contribution in [1.82, 2.24) is 15.2 Å². The zero-order valence-electron chi connectivity index (χ0n) is 19.7. The summed E-state index contributed by atoms with van der Waals surface area (Å²) in [4.78, 5) is 32.4. The Hall–Kier alpha value is -2.78. The van der Waals surface area contributed by atoms with E-state index in [0.717, 1.165) is 63.9 Å². The number of quaternary nitrogens is 1. The molecule has 5 rings (SSSR count).